The number of hydrogen-bond acceptors (Lipinski definition) is 8. The first-order valence-corrected chi connectivity index (χ1v) is 12.9. The van der Waals surface area contributed by atoms with Gasteiger partial charge in [0.1, 0.15) is 5.75 Å². The van der Waals surface area contributed by atoms with E-state index in [1.807, 2.05) is 4.90 Å². The minimum absolute atomic E-state index is 0.0313. The molecule has 1 fully saturated rings. The molecule has 0 saturated carbocycles. The van der Waals surface area contributed by atoms with Gasteiger partial charge in [-0.3, -0.25) is 4.79 Å². The average Bonchev–Trinajstić information content (AvgIpc) is 3.35. The van der Waals surface area contributed by atoms with Gasteiger partial charge in [-0.25, -0.2) is 18.2 Å². The number of carbonyl (C=O) groups is 1. The minimum Gasteiger partial charge on any atom is -0.481 e. The second-order valence-electron chi connectivity index (χ2n) is 10.4. The maximum absolute atomic E-state index is 15.6. The van der Waals surface area contributed by atoms with Gasteiger partial charge < -0.3 is 24.6 Å². The van der Waals surface area contributed by atoms with Crippen LogP contribution in [0.2, 0.25) is 0 Å². The predicted octanol–water partition coefficient (Wildman–Crippen LogP) is 3.80. The number of rotatable bonds is 7. The Morgan fingerprint density at radius 3 is 2.67 bits per heavy atom. The van der Waals surface area contributed by atoms with E-state index in [4.69, 9.17) is 14.4 Å². The van der Waals surface area contributed by atoms with Crippen molar-refractivity contribution in [2.75, 3.05) is 31.1 Å². The minimum atomic E-state index is -3.14. The van der Waals surface area contributed by atoms with Gasteiger partial charge >= 0.3 is 6.01 Å². The lowest BCUT2D eigenvalue weighted by Gasteiger charge is -2.48. The normalized spacial score (nSPS) is 17.7. The van der Waals surface area contributed by atoms with E-state index in [2.05, 4.69) is 34.3 Å². The summed E-state index contributed by atoms with van der Waals surface area (Å²) < 4.78 is 57.2. The molecular formula is C27H30F3N5O4. The molecule has 0 bridgehead atoms. The second kappa shape index (κ2) is 10.5. The molecule has 1 aromatic carbocycles. The molecule has 1 saturated heterocycles. The number of alkyl halides is 2. The number of benzene rings is 1. The quantitative estimate of drug-likeness (QED) is 0.461. The van der Waals surface area contributed by atoms with Crippen molar-refractivity contribution < 1.29 is 32.3 Å². The van der Waals surface area contributed by atoms with Crippen LogP contribution in [0, 0.1) is 11.7 Å². The Labute approximate surface area is 223 Å². The number of amides is 1. The number of piperidine rings is 1. The van der Waals surface area contributed by atoms with E-state index in [1.54, 1.807) is 18.2 Å². The van der Waals surface area contributed by atoms with Gasteiger partial charge in [0.15, 0.2) is 22.9 Å². The topological polar surface area (TPSA) is 114 Å². The van der Waals surface area contributed by atoms with Crippen LogP contribution >= 0.6 is 0 Å². The van der Waals surface area contributed by atoms with Crippen LogP contribution in [-0.2, 0) is 12.8 Å². The number of ether oxygens (including phenoxy) is 1. The molecule has 1 spiro atoms. The summed E-state index contributed by atoms with van der Waals surface area (Å²) in [5.74, 6) is -3.42. The van der Waals surface area contributed by atoms with Crippen molar-refractivity contribution >= 4 is 11.9 Å². The summed E-state index contributed by atoms with van der Waals surface area (Å²) in [5.41, 5.74) is -0.949. The molecule has 2 aliphatic rings. The van der Waals surface area contributed by atoms with E-state index in [0.717, 1.165) is 6.07 Å². The first-order valence-electron chi connectivity index (χ1n) is 12.9. The predicted molar refractivity (Wildman–Crippen MR) is 135 cm³/mol. The fourth-order valence-electron chi connectivity index (χ4n) is 5.05. The van der Waals surface area contributed by atoms with Gasteiger partial charge in [0, 0.05) is 62.6 Å². The average molecular weight is 546 g/mol. The Hall–Kier alpha value is -3.67. The van der Waals surface area contributed by atoms with Crippen LogP contribution in [0.25, 0.3) is 11.1 Å². The van der Waals surface area contributed by atoms with E-state index in [9.17, 15) is 9.18 Å². The van der Waals surface area contributed by atoms with Crippen molar-refractivity contribution in [2.24, 2.45) is 5.92 Å². The van der Waals surface area contributed by atoms with Crippen LogP contribution in [0.4, 0.5) is 19.2 Å². The standard InChI is InChI=1S/C27H30F3N5O4/c1-16(2)11-22-33-25(39-34-22)35-8-5-26(6-9-35)27(29,30)14-18-12-17(3-4-21(18)38-26)19-13-20(28)23(32-15-19)24(37)31-7-10-36/h3-4,12-13,15-16,36H,5-11,14H2,1-2H3,(H,31,37). The van der Waals surface area contributed by atoms with Crippen molar-refractivity contribution in [1.82, 2.24) is 20.4 Å². The van der Waals surface area contributed by atoms with Crippen LogP contribution in [0.5, 0.6) is 5.75 Å². The van der Waals surface area contributed by atoms with Crippen LogP contribution in [0.3, 0.4) is 0 Å². The molecule has 0 unspecified atom stereocenters. The van der Waals surface area contributed by atoms with E-state index in [-0.39, 0.29) is 39.1 Å². The number of carbonyl (C=O) groups excluding carboxylic acids is 1. The Kier molecular flexibility index (Phi) is 7.23. The van der Waals surface area contributed by atoms with Crippen molar-refractivity contribution in [1.29, 1.82) is 0 Å². The Balaban J connectivity index is 1.31. The molecule has 1 amide bonds. The summed E-state index contributed by atoms with van der Waals surface area (Å²) in [5, 5.41) is 15.2. The third-order valence-corrected chi connectivity index (χ3v) is 7.12. The van der Waals surface area contributed by atoms with Gasteiger partial charge in [-0.2, -0.15) is 4.98 Å². The number of nitrogens with one attached hydrogen (secondary N) is 1. The third-order valence-electron chi connectivity index (χ3n) is 7.12. The van der Waals surface area contributed by atoms with Gasteiger partial charge in [-0.05, 0) is 29.7 Å². The molecule has 5 rings (SSSR count). The van der Waals surface area contributed by atoms with Crippen LogP contribution in [0.1, 0.15) is 48.6 Å². The number of nitrogens with zero attached hydrogens (tertiary/aromatic N) is 4. The Morgan fingerprint density at radius 1 is 1.21 bits per heavy atom. The SMILES string of the molecule is CC(C)Cc1noc(N2CCC3(CC2)Oc2ccc(-c4cnc(C(=O)NCCO)c(F)c4)cc2CC3(F)F)n1. The van der Waals surface area contributed by atoms with Gasteiger partial charge in [0.2, 0.25) is 0 Å². The zero-order chi connectivity index (χ0) is 27.8. The van der Waals surface area contributed by atoms with E-state index in [1.165, 1.54) is 6.20 Å². The number of anilines is 1. The van der Waals surface area contributed by atoms with Crippen molar-refractivity contribution in [2.45, 2.75) is 51.1 Å². The molecule has 0 aliphatic carbocycles. The molecule has 12 heteroatoms. The van der Waals surface area contributed by atoms with Crippen molar-refractivity contribution in [3.63, 3.8) is 0 Å². The largest absolute Gasteiger partial charge is 0.481 e. The molecule has 2 N–H and O–H groups in total. The van der Waals surface area contributed by atoms with E-state index in [0.29, 0.717) is 46.6 Å². The number of fused-ring (bicyclic) bond motifs is 1. The molecule has 0 atom stereocenters. The van der Waals surface area contributed by atoms with Crippen LogP contribution in [-0.4, -0.2) is 63.9 Å². The highest BCUT2D eigenvalue weighted by Gasteiger charge is 2.59. The maximum atomic E-state index is 15.6. The molecule has 3 aromatic rings. The van der Waals surface area contributed by atoms with Crippen LogP contribution < -0.4 is 15.0 Å². The fraction of sp³-hybridized carbons (Fsp3) is 0.481. The van der Waals surface area contributed by atoms with Crippen molar-refractivity contribution in [3.05, 3.63) is 53.4 Å². The smallest absolute Gasteiger partial charge is 0.324 e. The lowest BCUT2D eigenvalue weighted by Crippen LogP contribution is -2.61. The zero-order valence-electron chi connectivity index (χ0n) is 21.7. The number of aliphatic hydroxyl groups excluding tert-OH is 1. The first kappa shape index (κ1) is 26.9. The first-order chi connectivity index (χ1) is 18.6. The lowest BCUT2D eigenvalue weighted by molar-refractivity contribution is -0.185. The number of pyridine rings is 1. The Morgan fingerprint density at radius 2 is 1.97 bits per heavy atom. The molecule has 39 heavy (non-hydrogen) atoms. The molecule has 4 heterocycles. The molecule has 9 nitrogen and oxygen atoms in total. The number of aliphatic hydroxyl groups is 1. The van der Waals surface area contributed by atoms with E-state index >= 15 is 8.78 Å². The fourth-order valence-corrected chi connectivity index (χ4v) is 5.05. The number of aromatic nitrogens is 3. The molecule has 0 radical (unpaired) electrons. The van der Waals surface area contributed by atoms with Gasteiger partial charge in [-0.15, -0.1) is 0 Å². The molecule has 2 aromatic heterocycles. The number of hydrogen-bond donors (Lipinski definition) is 2. The lowest BCUT2D eigenvalue weighted by atomic mass is 9.79. The third kappa shape index (κ3) is 5.29. The van der Waals surface area contributed by atoms with E-state index < -0.39 is 35.4 Å². The highest BCUT2D eigenvalue weighted by Crippen LogP contribution is 2.49. The zero-order valence-corrected chi connectivity index (χ0v) is 21.7. The van der Waals surface area contributed by atoms with Gasteiger partial charge in [0.25, 0.3) is 11.8 Å². The second-order valence-corrected chi connectivity index (χ2v) is 10.4. The summed E-state index contributed by atoms with van der Waals surface area (Å²) in [6.45, 7) is 4.36. The summed E-state index contributed by atoms with van der Waals surface area (Å²) >= 11 is 0. The summed E-state index contributed by atoms with van der Waals surface area (Å²) in [7, 11) is 0. The molecule has 208 valence electrons. The summed E-state index contributed by atoms with van der Waals surface area (Å²) in [6.07, 6.45) is 1.62. The van der Waals surface area contributed by atoms with Gasteiger partial charge in [-0.1, -0.05) is 25.1 Å². The summed E-state index contributed by atoms with van der Waals surface area (Å²) in [4.78, 5) is 22.1. The monoisotopic (exact) mass is 545 g/mol. The van der Waals surface area contributed by atoms with Crippen LogP contribution in [0.15, 0.2) is 35.0 Å². The highest BCUT2D eigenvalue weighted by molar-refractivity contribution is 5.92. The summed E-state index contributed by atoms with van der Waals surface area (Å²) in [6, 6.07) is 6.28. The maximum Gasteiger partial charge on any atom is 0.324 e. The Bertz CT molecular complexity index is 1350. The van der Waals surface area contributed by atoms with Crippen molar-refractivity contribution in [3.8, 4) is 16.9 Å². The molecular weight excluding hydrogens is 515 g/mol. The van der Waals surface area contributed by atoms with Gasteiger partial charge in [0.05, 0.1) is 6.61 Å². The molecule has 2 aliphatic heterocycles. The highest BCUT2D eigenvalue weighted by atomic mass is 19.3. The number of halogens is 3.